The number of halogens is 1. The lowest BCUT2D eigenvalue weighted by atomic mass is 9.75. The smallest absolute Gasteiger partial charge is 0.250 e. The molecule has 0 radical (unpaired) electrons. The fourth-order valence-corrected chi connectivity index (χ4v) is 6.96. The number of para-hydroxylation sites is 1. The molecular formula is C26H26ClN3O4. The van der Waals surface area contributed by atoms with Gasteiger partial charge in [-0.15, -0.1) is 0 Å². The Kier molecular flexibility index (Phi) is 4.64. The van der Waals surface area contributed by atoms with E-state index in [1.54, 1.807) is 12.1 Å². The van der Waals surface area contributed by atoms with Crippen molar-refractivity contribution in [3.05, 3.63) is 52.0 Å². The first-order chi connectivity index (χ1) is 16.4. The van der Waals surface area contributed by atoms with Crippen LogP contribution in [-0.2, 0) is 26.3 Å². The number of nitrogens with one attached hydrogen (secondary N) is 1. The predicted molar refractivity (Wildman–Crippen MR) is 128 cm³/mol. The highest BCUT2D eigenvalue weighted by Crippen LogP contribution is 2.61. The van der Waals surface area contributed by atoms with Gasteiger partial charge in [-0.2, -0.15) is 0 Å². The lowest BCUT2D eigenvalue weighted by molar-refractivity contribution is -0.135. The molecule has 8 heteroatoms. The molecule has 3 saturated heterocycles. The summed E-state index contributed by atoms with van der Waals surface area (Å²) < 4.78 is 5.50. The molecule has 2 aromatic rings. The molecule has 0 aliphatic carbocycles. The molecule has 1 spiro atoms. The van der Waals surface area contributed by atoms with Crippen LogP contribution < -0.4 is 15.0 Å². The zero-order valence-electron chi connectivity index (χ0n) is 19.4. The van der Waals surface area contributed by atoms with Crippen LogP contribution in [0.15, 0.2) is 30.3 Å². The fourth-order valence-electron chi connectivity index (χ4n) is 6.81. The first-order valence-electron chi connectivity index (χ1n) is 11.8. The maximum absolute atomic E-state index is 14.2. The van der Waals surface area contributed by atoms with E-state index in [0.29, 0.717) is 23.0 Å². The molecule has 3 amide bonds. The van der Waals surface area contributed by atoms with E-state index in [9.17, 15) is 14.4 Å². The van der Waals surface area contributed by atoms with E-state index in [1.807, 2.05) is 32.0 Å². The van der Waals surface area contributed by atoms with Gasteiger partial charge in [0.05, 0.1) is 24.6 Å². The van der Waals surface area contributed by atoms with Crippen LogP contribution in [-0.4, -0.2) is 42.3 Å². The Morgan fingerprint density at radius 2 is 2.00 bits per heavy atom. The quantitative estimate of drug-likeness (QED) is 0.680. The van der Waals surface area contributed by atoms with Crippen molar-refractivity contribution in [2.75, 3.05) is 23.9 Å². The van der Waals surface area contributed by atoms with Gasteiger partial charge in [-0.05, 0) is 49.9 Å². The number of hydrogen-bond donors (Lipinski definition) is 1. The largest absolute Gasteiger partial charge is 0.495 e. The highest BCUT2D eigenvalue weighted by molar-refractivity contribution is 6.32. The van der Waals surface area contributed by atoms with Crippen LogP contribution in [0, 0.1) is 18.8 Å². The third-order valence-corrected chi connectivity index (χ3v) is 8.60. The van der Waals surface area contributed by atoms with Crippen molar-refractivity contribution in [2.24, 2.45) is 11.8 Å². The van der Waals surface area contributed by atoms with E-state index in [0.717, 1.165) is 41.6 Å². The number of ether oxygens (including phenoxy) is 1. The topological polar surface area (TPSA) is 79.0 Å². The molecule has 3 fully saturated rings. The average Bonchev–Trinajstić information content (AvgIpc) is 3.53. The number of methoxy groups -OCH3 is 1. The summed E-state index contributed by atoms with van der Waals surface area (Å²) in [7, 11) is 1.49. The Balaban J connectivity index is 1.56. The van der Waals surface area contributed by atoms with Gasteiger partial charge in [-0.3, -0.25) is 19.3 Å². The molecule has 4 aliphatic rings. The highest BCUT2D eigenvalue weighted by atomic mass is 35.5. The van der Waals surface area contributed by atoms with Crippen LogP contribution in [0.5, 0.6) is 5.75 Å². The van der Waals surface area contributed by atoms with Gasteiger partial charge in [0.2, 0.25) is 17.7 Å². The van der Waals surface area contributed by atoms with Gasteiger partial charge in [-0.25, -0.2) is 4.90 Å². The maximum atomic E-state index is 14.2. The molecule has 4 unspecified atom stereocenters. The van der Waals surface area contributed by atoms with Crippen LogP contribution in [0.2, 0.25) is 5.02 Å². The Morgan fingerprint density at radius 3 is 2.74 bits per heavy atom. The van der Waals surface area contributed by atoms with Crippen LogP contribution in [0.3, 0.4) is 0 Å². The zero-order valence-corrected chi connectivity index (χ0v) is 20.1. The molecule has 2 aromatic carbocycles. The molecule has 4 heterocycles. The van der Waals surface area contributed by atoms with Crippen LogP contribution in [0.4, 0.5) is 11.4 Å². The molecule has 34 heavy (non-hydrogen) atoms. The number of rotatable bonds is 3. The predicted octanol–water partition coefficient (Wildman–Crippen LogP) is 3.65. The van der Waals surface area contributed by atoms with Crippen LogP contribution >= 0.6 is 11.6 Å². The van der Waals surface area contributed by atoms with Crippen LogP contribution in [0.1, 0.15) is 36.5 Å². The number of amides is 3. The summed E-state index contributed by atoms with van der Waals surface area (Å²) in [4.78, 5) is 45.3. The second kappa shape index (κ2) is 7.30. The zero-order chi connectivity index (χ0) is 23.9. The molecule has 1 N–H and O–H groups in total. The van der Waals surface area contributed by atoms with Crippen molar-refractivity contribution in [2.45, 2.75) is 44.7 Å². The third-order valence-electron chi connectivity index (χ3n) is 8.20. The first kappa shape index (κ1) is 21.6. The molecule has 0 saturated carbocycles. The Morgan fingerprint density at radius 1 is 1.21 bits per heavy atom. The molecule has 176 valence electrons. The minimum atomic E-state index is -1.18. The summed E-state index contributed by atoms with van der Waals surface area (Å²) in [5.74, 6) is -1.84. The number of carbonyl (C=O) groups excluding carboxylic acids is 3. The summed E-state index contributed by atoms with van der Waals surface area (Å²) >= 11 is 6.29. The van der Waals surface area contributed by atoms with E-state index in [2.05, 4.69) is 10.2 Å². The summed E-state index contributed by atoms with van der Waals surface area (Å²) in [6.45, 7) is 4.55. The maximum Gasteiger partial charge on any atom is 0.250 e. The molecule has 6 rings (SSSR count). The summed E-state index contributed by atoms with van der Waals surface area (Å²) in [6.07, 6.45) is 2.43. The third kappa shape index (κ3) is 2.44. The summed E-state index contributed by atoms with van der Waals surface area (Å²) in [6, 6.07) is 9.08. The summed E-state index contributed by atoms with van der Waals surface area (Å²) in [5.41, 5.74) is 2.59. The molecule has 4 aliphatic heterocycles. The monoisotopic (exact) mass is 479 g/mol. The van der Waals surface area contributed by atoms with Crippen molar-refractivity contribution in [3.8, 4) is 5.75 Å². The van der Waals surface area contributed by atoms with E-state index in [4.69, 9.17) is 16.3 Å². The molecule has 7 nitrogen and oxygen atoms in total. The van der Waals surface area contributed by atoms with Gasteiger partial charge in [0.1, 0.15) is 11.3 Å². The standard InChI is InChI=1S/C26H26ClN3O4/c1-4-14-7-5-8-15-22(14)28-25(33)26(15)21-20(17-9-6-10-29(17)26)23(31)30(24(21)32)18-11-13(2)16(27)12-19(18)34-3/h5,7-8,11-12,17,20-21H,4,6,9-10H2,1-3H3,(H,28,33). The number of fused-ring (bicyclic) bond motifs is 7. The SMILES string of the molecule is CCc1cccc2c1NC(=O)C21C2C(=O)N(c3cc(C)c(Cl)cc3OC)C(=O)C2C2CCCN21. The minimum absolute atomic E-state index is 0.159. The lowest BCUT2D eigenvalue weighted by Crippen LogP contribution is -2.54. The normalized spacial score (nSPS) is 29.6. The van der Waals surface area contributed by atoms with E-state index in [-0.39, 0.29) is 23.8 Å². The Hall–Kier alpha value is -2.90. The number of aryl methyl sites for hydroxylation is 2. The van der Waals surface area contributed by atoms with Gasteiger partial charge in [0.15, 0.2) is 0 Å². The number of benzene rings is 2. The Labute approximate surface area is 203 Å². The average molecular weight is 480 g/mol. The lowest BCUT2D eigenvalue weighted by Gasteiger charge is -2.36. The van der Waals surface area contributed by atoms with Gasteiger partial charge in [0.25, 0.3) is 0 Å². The van der Waals surface area contributed by atoms with Gasteiger partial charge in [0, 0.05) is 28.4 Å². The van der Waals surface area contributed by atoms with Crippen molar-refractivity contribution in [1.82, 2.24) is 4.90 Å². The van der Waals surface area contributed by atoms with E-state index >= 15 is 0 Å². The fraction of sp³-hybridized carbons (Fsp3) is 0.423. The number of nitrogens with zero attached hydrogens (tertiary/aromatic N) is 2. The van der Waals surface area contributed by atoms with Crippen molar-refractivity contribution >= 4 is 40.7 Å². The number of carbonyl (C=O) groups is 3. The number of anilines is 2. The van der Waals surface area contributed by atoms with Gasteiger partial charge >= 0.3 is 0 Å². The summed E-state index contributed by atoms with van der Waals surface area (Å²) in [5, 5.41) is 3.59. The second-order valence-corrected chi connectivity index (χ2v) is 10.0. The Bertz CT molecular complexity index is 1280. The number of hydrogen-bond acceptors (Lipinski definition) is 5. The molecule has 0 aromatic heterocycles. The van der Waals surface area contributed by atoms with Crippen molar-refractivity contribution in [1.29, 1.82) is 0 Å². The van der Waals surface area contributed by atoms with Crippen molar-refractivity contribution in [3.63, 3.8) is 0 Å². The number of imide groups is 1. The van der Waals surface area contributed by atoms with Crippen molar-refractivity contribution < 1.29 is 19.1 Å². The highest BCUT2D eigenvalue weighted by Gasteiger charge is 2.74. The van der Waals surface area contributed by atoms with E-state index < -0.39 is 17.4 Å². The molecule has 4 atom stereocenters. The molecule has 0 bridgehead atoms. The minimum Gasteiger partial charge on any atom is -0.495 e. The first-order valence-corrected chi connectivity index (χ1v) is 12.2. The molecular weight excluding hydrogens is 454 g/mol. The van der Waals surface area contributed by atoms with Gasteiger partial charge < -0.3 is 10.1 Å². The van der Waals surface area contributed by atoms with Gasteiger partial charge in [-0.1, -0.05) is 36.7 Å². The second-order valence-electron chi connectivity index (χ2n) is 9.61. The van der Waals surface area contributed by atoms with Crippen LogP contribution in [0.25, 0.3) is 0 Å². The van der Waals surface area contributed by atoms with E-state index in [1.165, 1.54) is 12.0 Å².